The molecule has 2 nitrogen and oxygen atoms in total. The normalized spacial score (nSPS) is 14.5. The van der Waals surface area contributed by atoms with Gasteiger partial charge in [-0.2, -0.15) is 0 Å². The van der Waals surface area contributed by atoms with Gasteiger partial charge in [-0.15, -0.1) is 0 Å². The van der Waals surface area contributed by atoms with Crippen LogP contribution in [0.3, 0.4) is 0 Å². The average Bonchev–Trinajstić information content (AvgIpc) is 3.18. The molecule has 1 aromatic rings. The van der Waals surface area contributed by atoms with Crippen molar-refractivity contribution in [3.05, 3.63) is 35.4 Å². The Morgan fingerprint density at radius 2 is 2.24 bits per heavy atom. The minimum atomic E-state index is -0.0760. The summed E-state index contributed by atoms with van der Waals surface area (Å²) in [5, 5.41) is 8.68. The van der Waals surface area contributed by atoms with E-state index in [0.717, 1.165) is 24.7 Å². The number of nitrogens with zero attached hydrogens (tertiary/aromatic N) is 1. The van der Waals surface area contributed by atoms with Crippen molar-refractivity contribution in [1.82, 2.24) is 4.90 Å². The Bertz CT molecular complexity index is 426. The van der Waals surface area contributed by atoms with E-state index in [0.29, 0.717) is 0 Å². The van der Waals surface area contributed by atoms with Crippen molar-refractivity contribution in [2.24, 2.45) is 0 Å². The molecular formula is C15H19NO. The molecule has 0 aromatic heterocycles. The minimum Gasteiger partial charge on any atom is -0.384 e. The number of aliphatic hydroxyl groups excluding tert-OH is 1. The fourth-order valence-corrected chi connectivity index (χ4v) is 2.06. The topological polar surface area (TPSA) is 23.5 Å². The zero-order chi connectivity index (χ0) is 12.1. The number of rotatable bonds is 4. The van der Waals surface area contributed by atoms with Crippen LogP contribution in [-0.2, 0) is 6.54 Å². The average molecular weight is 229 g/mol. The zero-order valence-electron chi connectivity index (χ0n) is 10.3. The molecule has 0 bridgehead atoms. The van der Waals surface area contributed by atoms with Crippen LogP contribution >= 0.6 is 0 Å². The zero-order valence-corrected chi connectivity index (χ0v) is 10.3. The molecule has 0 saturated heterocycles. The van der Waals surface area contributed by atoms with Crippen LogP contribution in [0.1, 0.15) is 30.9 Å². The molecule has 0 atom stereocenters. The van der Waals surface area contributed by atoms with Crippen molar-refractivity contribution in [2.45, 2.75) is 32.4 Å². The van der Waals surface area contributed by atoms with Crippen molar-refractivity contribution in [3.63, 3.8) is 0 Å². The van der Waals surface area contributed by atoms with Gasteiger partial charge in [0.1, 0.15) is 6.61 Å². The standard InChI is InChI=1S/C15H19NO/c1-2-16(15-8-9-15)12-14-6-3-5-13(11-14)7-4-10-17/h3,5-6,11,15,17H,2,8-10,12H2,1H3. The molecule has 2 heteroatoms. The van der Waals surface area contributed by atoms with Crippen LogP contribution in [0.15, 0.2) is 24.3 Å². The molecule has 17 heavy (non-hydrogen) atoms. The third-order valence-corrected chi connectivity index (χ3v) is 3.09. The molecule has 0 heterocycles. The summed E-state index contributed by atoms with van der Waals surface area (Å²) in [6.07, 6.45) is 2.69. The van der Waals surface area contributed by atoms with E-state index >= 15 is 0 Å². The van der Waals surface area contributed by atoms with E-state index in [2.05, 4.69) is 35.8 Å². The molecule has 1 fully saturated rings. The monoisotopic (exact) mass is 229 g/mol. The molecule has 1 N–H and O–H groups in total. The molecule has 1 saturated carbocycles. The molecule has 0 aliphatic heterocycles. The largest absolute Gasteiger partial charge is 0.384 e. The molecule has 1 aliphatic carbocycles. The van der Waals surface area contributed by atoms with E-state index in [1.807, 2.05) is 12.1 Å². The van der Waals surface area contributed by atoms with Gasteiger partial charge in [0.05, 0.1) is 0 Å². The van der Waals surface area contributed by atoms with Crippen LogP contribution in [0.2, 0.25) is 0 Å². The fraction of sp³-hybridized carbons (Fsp3) is 0.467. The van der Waals surface area contributed by atoms with E-state index in [9.17, 15) is 0 Å². The third-order valence-electron chi connectivity index (χ3n) is 3.09. The number of aliphatic hydroxyl groups is 1. The Kier molecular flexibility index (Phi) is 4.19. The van der Waals surface area contributed by atoms with Crippen LogP contribution in [0, 0.1) is 11.8 Å². The Morgan fingerprint density at radius 1 is 1.41 bits per heavy atom. The van der Waals surface area contributed by atoms with Gasteiger partial charge in [0.2, 0.25) is 0 Å². The van der Waals surface area contributed by atoms with Crippen LogP contribution in [0.25, 0.3) is 0 Å². The van der Waals surface area contributed by atoms with E-state index < -0.39 is 0 Å². The summed E-state index contributed by atoms with van der Waals surface area (Å²) in [4.78, 5) is 2.51. The van der Waals surface area contributed by atoms with E-state index in [1.54, 1.807) is 0 Å². The Morgan fingerprint density at radius 3 is 2.88 bits per heavy atom. The quantitative estimate of drug-likeness (QED) is 0.798. The highest BCUT2D eigenvalue weighted by molar-refractivity contribution is 5.37. The molecule has 0 unspecified atom stereocenters. The van der Waals surface area contributed by atoms with Gasteiger partial charge in [0, 0.05) is 18.2 Å². The van der Waals surface area contributed by atoms with E-state index in [1.165, 1.54) is 18.4 Å². The Hall–Kier alpha value is -1.30. The van der Waals surface area contributed by atoms with E-state index in [4.69, 9.17) is 5.11 Å². The first-order chi connectivity index (χ1) is 8.33. The first kappa shape index (κ1) is 12.2. The molecular weight excluding hydrogens is 210 g/mol. The summed E-state index contributed by atoms with van der Waals surface area (Å²) in [7, 11) is 0. The van der Waals surface area contributed by atoms with Gasteiger partial charge in [-0.05, 0) is 37.1 Å². The Balaban J connectivity index is 2.04. The van der Waals surface area contributed by atoms with Crippen molar-refractivity contribution < 1.29 is 5.11 Å². The van der Waals surface area contributed by atoms with Gasteiger partial charge in [-0.3, -0.25) is 4.90 Å². The number of benzene rings is 1. The summed E-state index contributed by atoms with van der Waals surface area (Å²) >= 11 is 0. The lowest BCUT2D eigenvalue weighted by Crippen LogP contribution is -2.24. The highest BCUT2D eigenvalue weighted by Gasteiger charge is 2.27. The van der Waals surface area contributed by atoms with Gasteiger partial charge in [0.15, 0.2) is 0 Å². The van der Waals surface area contributed by atoms with Crippen LogP contribution in [0.4, 0.5) is 0 Å². The second-order valence-electron chi connectivity index (χ2n) is 4.45. The van der Waals surface area contributed by atoms with Crippen molar-refractivity contribution in [2.75, 3.05) is 13.2 Å². The molecule has 1 aromatic carbocycles. The first-order valence-corrected chi connectivity index (χ1v) is 6.26. The first-order valence-electron chi connectivity index (χ1n) is 6.26. The molecule has 2 rings (SSSR count). The van der Waals surface area contributed by atoms with Gasteiger partial charge in [-0.1, -0.05) is 30.9 Å². The molecule has 0 amide bonds. The summed E-state index contributed by atoms with van der Waals surface area (Å²) < 4.78 is 0. The third kappa shape index (κ3) is 3.59. The lowest BCUT2D eigenvalue weighted by molar-refractivity contribution is 0.269. The van der Waals surface area contributed by atoms with Crippen LogP contribution < -0.4 is 0 Å². The SMILES string of the molecule is CCN(Cc1cccc(C#CCO)c1)C1CC1. The smallest absolute Gasteiger partial charge is 0.104 e. The molecule has 0 radical (unpaired) electrons. The second kappa shape index (κ2) is 5.86. The molecule has 1 aliphatic rings. The summed E-state index contributed by atoms with van der Waals surface area (Å²) in [5.41, 5.74) is 2.30. The lowest BCUT2D eigenvalue weighted by atomic mass is 10.1. The maximum atomic E-state index is 8.68. The maximum absolute atomic E-state index is 8.68. The number of hydrogen-bond donors (Lipinski definition) is 1. The van der Waals surface area contributed by atoms with Crippen LogP contribution in [-0.4, -0.2) is 29.2 Å². The van der Waals surface area contributed by atoms with Gasteiger partial charge < -0.3 is 5.11 Å². The summed E-state index contributed by atoms with van der Waals surface area (Å²) in [5.74, 6) is 5.64. The Labute approximate surface area is 103 Å². The highest BCUT2D eigenvalue weighted by atomic mass is 16.2. The van der Waals surface area contributed by atoms with Crippen molar-refractivity contribution in [3.8, 4) is 11.8 Å². The van der Waals surface area contributed by atoms with Crippen molar-refractivity contribution >= 4 is 0 Å². The molecule has 0 spiro atoms. The van der Waals surface area contributed by atoms with Crippen LogP contribution in [0.5, 0.6) is 0 Å². The van der Waals surface area contributed by atoms with Gasteiger partial charge >= 0.3 is 0 Å². The van der Waals surface area contributed by atoms with Crippen molar-refractivity contribution in [1.29, 1.82) is 0 Å². The predicted octanol–water partition coefficient (Wildman–Crippen LogP) is 2.01. The highest BCUT2D eigenvalue weighted by Crippen LogP contribution is 2.27. The minimum absolute atomic E-state index is 0.0760. The van der Waals surface area contributed by atoms with Gasteiger partial charge in [-0.25, -0.2) is 0 Å². The molecule has 90 valence electrons. The number of hydrogen-bond acceptors (Lipinski definition) is 2. The summed E-state index contributed by atoms with van der Waals surface area (Å²) in [6.45, 7) is 4.26. The lowest BCUT2D eigenvalue weighted by Gasteiger charge is -2.19. The van der Waals surface area contributed by atoms with E-state index in [-0.39, 0.29) is 6.61 Å². The second-order valence-corrected chi connectivity index (χ2v) is 4.45. The predicted molar refractivity (Wildman–Crippen MR) is 69.5 cm³/mol. The fourth-order valence-electron chi connectivity index (χ4n) is 2.06. The van der Waals surface area contributed by atoms with Gasteiger partial charge in [0.25, 0.3) is 0 Å². The summed E-state index contributed by atoms with van der Waals surface area (Å²) in [6, 6.07) is 9.09. The maximum Gasteiger partial charge on any atom is 0.104 e.